The average molecular weight is 467 g/mol. The minimum atomic E-state index is -1.10. The lowest BCUT2D eigenvalue weighted by Crippen LogP contribution is -2.03. The van der Waals surface area contributed by atoms with Gasteiger partial charge in [-0.1, -0.05) is 18.2 Å². The number of anilines is 1. The number of Topliss-reactive ketones (excluding diaryl/α,β-unsaturated/α-hetero) is 1. The molecule has 0 saturated carbocycles. The Morgan fingerprint density at radius 3 is 2.65 bits per heavy atom. The standard InChI is InChI=1S/C14H15NO4.C9H10N4O2/c1-9(2)18-7-10-4-3-5-11(6-10)13-12(14(16)17)15-8-19-13;1-6(14)8-3-2-7(15-8)5-13-11-4-9(10)12-13/h3-6,8-9H,7H2,1-2H3,(H,16,17);2-4H,5H2,1H3,(H2,10,12). The summed E-state index contributed by atoms with van der Waals surface area (Å²) in [5.74, 6) is 0.370. The molecule has 1 aromatic carbocycles. The highest BCUT2D eigenvalue weighted by molar-refractivity contribution is 5.92. The minimum absolute atomic E-state index is 0.0815. The largest absolute Gasteiger partial charge is 0.476 e. The third-order valence-corrected chi connectivity index (χ3v) is 4.40. The number of rotatable bonds is 8. The molecule has 0 aliphatic carbocycles. The quantitative estimate of drug-likeness (QED) is 0.366. The van der Waals surface area contributed by atoms with Gasteiger partial charge in [0, 0.05) is 12.5 Å². The number of carbonyl (C=O) groups is 2. The number of nitrogens with two attached hydrogens (primary N) is 1. The van der Waals surface area contributed by atoms with Crippen molar-refractivity contribution in [2.75, 3.05) is 5.73 Å². The highest BCUT2D eigenvalue weighted by Crippen LogP contribution is 2.24. The van der Waals surface area contributed by atoms with E-state index in [0.29, 0.717) is 36.1 Å². The molecule has 4 rings (SSSR count). The highest BCUT2D eigenvalue weighted by atomic mass is 16.5. The number of ether oxygens (including phenoxy) is 1. The molecule has 0 amide bonds. The molecule has 3 heterocycles. The monoisotopic (exact) mass is 467 g/mol. The van der Waals surface area contributed by atoms with Gasteiger partial charge in [-0.15, -0.1) is 5.10 Å². The van der Waals surface area contributed by atoms with E-state index in [1.165, 1.54) is 17.9 Å². The Labute approximate surface area is 195 Å². The summed E-state index contributed by atoms with van der Waals surface area (Å²) >= 11 is 0. The Morgan fingerprint density at radius 1 is 1.24 bits per heavy atom. The number of hydrogen-bond acceptors (Lipinski definition) is 9. The van der Waals surface area contributed by atoms with E-state index in [2.05, 4.69) is 15.2 Å². The number of nitrogen functional groups attached to an aromatic ring is 1. The molecule has 4 aromatic rings. The van der Waals surface area contributed by atoms with Gasteiger partial charge in [-0.3, -0.25) is 4.79 Å². The zero-order chi connectivity index (χ0) is 24.7. The van der Waals surface area contributed by atoms with Crippen molar-refractivity contribution in [1.82, 2.24) is 20.0 Å². The van der Waals surface area contributed by atoms with E-state index < -0.39 is 5.97 Å². The summed E-state index contributed by atoms with van der Waals surface area (Å²) in [6, 6.07) is 10.7. The first-order valence-electron chi connectivity index (χ1n) is 10.4. The molecule has 11 nitrogen and oxygen atoms in total. The minimum Gasteiger partial charge on any atom is -0.476 e. The van der Waals surface area contributed by atoms with Crippen molar-refractivity contribution in [3.63, 3.8) is 0 Å². The summed E-state index contributed by atoms with van der Waals surface area (Å²) < 4.78 is 15.9. The molecule has 3 aromatic heterocycles. The second-order valence-corrected chi connectivity index (χ2v) is 7.52. The number of benzene rings is 1. The molecule has 3 N–H and O–H groups in total. The van der Waals surface area contributed by atoms with Crippen molar-refractivity contribution in [2.24, 2.45) is 0 Å². The molecule has 0 atom stereocenters. The molecule has 0 bridgehead atoms. The number of hydrogen-bond donors (Lipinski definition) is 2. The fourth-order valence-electron chi connectivity index (χ4n) is 2.85. The van der Waals surface area contributed by atoms with Gasteiger partial charge in [0.2, 0.25) is 0 Å². The lowest BCUT2D eigenvalue weighted by Gasteiger charge is -2.08. The van der Waals surface area contributed by atoms with Gasteiger partial charge in [-0.25, -0.2) is 9.78 Å². The van der Waals surface area contributed by atoms with Crippen LogP contribution in [0.5, 0.6) is 0 Å². The SMILES string of the molecule is CC(=O)c1ccc(Cn2ncc(N)n2)o1.CC(C)OCc1cccc(-c2ocnc2C(=O)O)c1. The smallest absolute Gasteiger partial charge is 0.358 e. The number of aromatic nitrogens is 4. The van der Waals surface area contributed by atoms with Gasteiger partial charge in [0.25, 0.3) is 0 Å². The lowest BCUT2D eigenvalue weighted by molar-refractivity contribution is 0.0657. The maximum absolute atomic E-state index is 11.0. The third-order valence-electron chi connectivity index (χ3n) is 4.40. The summed E-state index contributed by atoms with van der Waals surface area (Å²) in [6.45, 7) is 6.21. The molecule has 178 valence electrons. The van der Waals surface area contributed by atoms with E-state index in [1.54, 1.807) is 18.2 Å². The number of carboxylic acids is 1. The number of aromatic carboxylic acids is 1. The first kappa shape index (κ1) is 24.4. The summed E-state index contributed by atoms with van der Waals surface area (Å²) in [5.41, 5.74) is 6.96. The topological polar surface area (TPSA) is 160 Å². The predicted octanol–water partition coefficient (Wildman–Crippen LogP) is 3.67. The van der Waals surface area contributed by atoms with Crippen LogP contribution in [0.2, 0.25) is 0 Å². The van der Waals surface area contributed by atoms with Gasteiger partial charge in [0.1, 0.15) is 12.3 Å². The van der Waals surface area contributed by atoms with E-state index in [-0.39, 0.29) is 23.3 Å². The average Bonchev–Trinajstić information content (AvgIpc) is 3.54. The number of furan rings is 1. The molecular weight excluding hydrogens is 442 g/mol. The van der Waals surface area contributed by atoms with E-state index >= 15 is 0 Å². The molecule has 0 unspecified atom stereocenters. The van der Waals surface area contributed by atoms with Crippen LogP contribution in [0.15, 0.2) is 57.8 Å². The fourth-order valence-corrected chi connectivity index (χ4v) is 2.85. The molecule has 11 heteroatoms. The third kappa shape index (κ3) is 6.62. The Morgan fingerprint density at radius 2 is 2.03 bits per heavy atom. The molecule has 0 radical (unpaired) electrons. The second-order valence-electron chi connectivity index (χ2n) is 7.52. The van der Waals surface area contributed by atoms with Crippen molar-refractivity contribution in [3.05, 3.63) is 71.8 Å². The Hall–Kier alpha value is -4.25. The van der Waals surface area contributed by atoms with Crippen LogP contribution in [-0.2, 0) is 17.9 Å². The van der Waals surface area contributed by atoms with E-state index in [0.717, 1.165) is 12.0 Å². The number of nitrogens with zero attached hydrogens (tertiary/aromatic N) is 4. The fraction of sp³-hybridized carbons (Fsp3) is 0.261. The molecule has 0 spiro atoms. The maximum Gasteiger partial charge on any atom is 0.358 e. The van der Waals surface area contributed by atoms with Gasteiger partial charge in [0.15, 0.2) is 35.2 Å². The van der Waals surface area contributed by atoms with Crippen LogP contribution in [0.3, 0.4) is 0 Å². The van der Waals surface area contributed by atoms with E-state index in [9.17, 15) is 9.59 Å². The maximum atomic E-state index is 11.0. The van der Waals surface area contributed by atoms with E-state index in [1.807, 2.05) is 32.0 Å². The highest BCUT2D eigenvalue weighted by Gasteiger charge is 2.17. The van der Waals surface area contributed by atoms with Gasteiger partial charge >= 0.3 is 5.97 Å². The van der Waals surface area contributed by atoms with Gasteiger partial charge < -0.3 is 24.4 Å². The van der Waals surface area contributed by atoms with Gasteiger partial charge in [-0.2, -0.15) is 9.90 Å². The Kier molecular flexibility index (Phi) is 7.93. The second kappa shape index (κ2) is 11.1. The van der Waals surface area contributed by atoms with Crippen LogP contribution in [0, 0.1) is 0 Å². The van der Waals surface area contributed by atoms with Crippen LogP contribution in [-0.4, -0.2) is 42.9 Å². The summed E-state index contributed by atoms with van der Waals surface area (Å²) in [5, 5.41) is 16.8. The number of carbonyl (C=O) groups excluding carboxylic acids is 1. The zero-order valence-corrected chi connectivity index (χ0v) is 19.0. The van der Waals surface area contributed by atoms with Gasteiger partial charge in [0.05, 0.1) is 18.9 Å². The van der Waals surface area contributed by atoms with Crippen LogP contribution in [0.4, 0.5) is 5.82 Å². The van der Waals surface area contributed by atoms with Crippen molar-refractivity contribution in [2.45, 2.75) is 40.0 Å². The van der Waals surface area contributed by atoms with E-state index in [4.69, 9.17) is 24.4 Å². The summed E-state index contributed by atoms with van der Waals surface area (Å²) in [6.07, 6.45) is 2.73. The van der Waals surface area contributed by atoms with Crippen LogP contribution in [0.25, 0.3) is 11.3 Å². The van der Waals surface area contributed by atoms with Crippen molar-refractivity contribution < 1.29 is 28.3 Å². The van der Waals surface area contributed by atoms with Crippen LogP contribution < -0.4 is 5.73 Å². The van der Waals surface area contributed by atoms with Crippen molar-refractivity contribution >= 4 is 17.6 Å². The number of oxazole rings is 1. The summed E-state index contributed by atoms with van der Waals surface area (Å²) in [7, 11) is 0. The van der Waals surface area contributed by atoms with Crippen molar-refractivity contribution in [3.8, 4) is 11.3 Å². The molecule has 0 fully saturated rings. The van der Waals surface area contributed by atoms with Crippen LogP contribution in [0.1, 0.15) is 53.1 Å². The predicted molar refractivity (Wildman–Crippen MR) is 121 cm³/mol. The first-order valence-corrected chi connectivity index (χ1v) is 10.4. The molecular formula is C23H25N5O6. The van der Waals surface area contributed by atoms with Crippen LogP contribution >= 0.6 is 0 Å². The number of carboxylic acid groups (broad SMARTS) is 1. The van der Waals surface area contributed by atoms with Gasteiger partial charge in [-0.05, 0) is 37.6 Å². The molecule has 0 saturated heterocycles. The Balaban J connectivity index is 0.000000196. The molecule has 0 aliphatic rings. The normalized spacial score (nSPS) is 10.7. The van der Waals surface area contributed by atoms with Crippen molar-refractivity contribution in [1.29, 1.82) is 0 Å². The Bertz CT molecular complexity index is 1260. The summed E-state index contributed by atoms with van der Waals surface area (Å²) in [4.78, 5) is 27.1. The first-order chi connectivity index (χ1) is 16.2. The molecule has 34 heavy (non-hydrogen) atoms. The molecule has 0 aliphatic heterocycles. The zero-order valence-electron chi connectivity index (χ0n) is 19.0. The number of ketones is 1. The lowest BCUT2D eigenvalue weighted by atomic mass is 10.1.